The maximum Gasteiger partial charge on any atom is 0.307 e. The van der Waals surface area contributed by atoms with Gasteiger partial charge in [-0.05, 0) is 113 Å². The van der Waals surface area contributed by atoms with Crippen molar-refractivity contribution < 1.29 is 18.2 Å². The van der Waals surface area contributed by atoms with Crippen LogP contribution in [0.3, 0.4) is 0 Å². The minimum absolute atomic E-state index is 0.649. The number of allylic oxidation sites excluding steroid dienone is 6. The molecule has 6 heteroatoms. The Labute approximate surface area is 268 Å². The minimum atomic E-state index is -3.43. The maximum atomic E-state index is 15.1. The highest BCUT2D eigenvalue weighted by Crippen LogP contribution is 2.59. The van der Waals surface area contributed by atoms with Crippen molar-refractivity contribution in [3.05, 3.63) is 161 Å². The van der Waals surface area contributed by atoms with Gasteiger partial charge < -0.3 is 9.05 Å². The van der Waals surface area contributed by atoms with E-state index in [1.807, 2.05) is 97.1 Å². The number of hydrogen-bond donors (Lipinski definition) is 0. The molecule has 2 heterocycles. The number of para-hydroxylation sites is 2. The Kier molecular flexibility index (Phi) is 6.29. The predicted octanol–water partition coefficient (Wildman–Crippen LogP) is 9.05. The average molecular weight is 637 g/mol. The fourth-order valence-corrected chi connectivity index (χ4v) is 12.0. The van der Waals surface area contributed by atoms with Crippen LogP contribution < -0.4 is 25.0 Å². The molecule has 2 aliphatic carbocycles. The fourth-order valence-electron chi connectivity index (χ4n) is 7.32. The lowest BCUT2D eigenvalue weighted by atomic mass is 9.86. The van der Waals surface area contributed by atoms with Gasteiger partial charge in [0, 0.05) is 5.56 Å². The Morgan fingerprint density at radius 2 is 1.17 bits per heavy atom. The Morgan fingerprint density at radius 3 is 1.96 bits per heavy atom. The zero-order valence-corrected chi connectivity index (χ0v) is 26.8. The summed E-state index contributed by atoms with van der Waals surface area (Å²) in [7, 11) is -6.80. The third kappa shape index (κ3) is 4.21. The molecular weight excluding hydrogens is 606 g/mol. The van der Waals surface area contributed by atoms with Crippen LogP contribution in [-0.2, 0) is 28.4 Å². The largest absolute Gasteiger partial charge is 0.437 e. The van der Waals surface area contributed by atoms with Gasteiger partial charge in [0.05, 0.1) is 21.2 Å². The molecule has 0 amide bonds. The van der Waals surface area contributed by atoms with Crippen molar-refractivity contribution >= 4 is 30.7 Å². The summed E-state index contributed by atoms with van der Waals surface area (Å²) in [5.41, 5.74) is 8.62. The van der Waals surface area contributed by atoms with Gasteiger partial charge in [0.15, 0.2) is 0 Å². The SMILES string of the molecule is O=P1(c2ccc3c(c2)CCc2cc(P4(=O)Oc5ccccc5-c5ccccc54)ccc2-3)Oc2ccccc2CC2=C1C=CC=CC2. The summed E-state index contributed by atoms with van der Waals surface area (Å²) in [6.45, 7) is 0. The molecule has 0 N–H and O–H groups in total. The van der Waals surface area contributed by atoms with E-state index in [0.29, 0.717) is 23.2 Å². The number of benzene rings is 5. The monoisotopic (exact) mass is 636 g/mol. The summed E-state index contributed by atoms with van der Waals surface area (Å²) in [6, 6.07) is 35.9. The molecule has 0 radical (unpaired) electrons. The van der Waals surface area contributed by atoms with Gasteiger partial charge in [0.25, 0.3) is 0 Å². The molecule has 9 rings (SSSR count). The highest BCUT2D eigenvalue weighted by Gasteiger charge is 2.39. The van der Waals surface area contributed by atoms with Crippen molar-refractivity contribution in [2.45, 2.75) is 25.7 Å². The highest BCUT2D eigenvalue weighted by atomic mass is 31.2. The zero-order valence-electron chi connectivity index (χ0n) is 25.1. The van der Waals surface area contributed by atoms with E-state index in [1.165, 1.54) is 0 Å². The van der Waals surface area contributed by atoms with Gasteiger partial charge in [-0.25, -0.2) is 0 Å². The first-order valence-corrected chi connectivity index (χ1v) is 19.0. The molecule has 46 heavy (non-hydrogen) atoms. The van der Waals surface area contributed by atoms with Gasteiger partial charge in [0.1, 0.15) is 11.5 Å². The van der Waals surface area contributed by atoms with Crippen LogP contribution in [0.4, 0.5) is 0 Å². The lowest BCUT2D eigenvalue weighted by Crippen LogP contribution is -2.26. The van der Waals surface area contributed by atoms with Gasteiger partial charge in [-0.1, -0.05) is 85.0 Å². The standard InChI is InChI=1S/C40H30O4P2/c41-45(39-16-3-1-2-11-30(39)24-29-10-4-7-14-37(29)43-45)31-20-22-33-27(25-31)18-19-28-26-32(21-23-34(28)33)46(42)40-17-9-6-13-36(40)35-12-5-8-15-38(35)44-46/h1-10,12-17,20-23,25-26H,11,18-19,24H2. The number of hydrogen-bond acceptors (Lipinski definition) is 4. The number of rotatable bonds is 2. The van der Waals surface area contributed by atoms with Gasteiger partial charge in [-0.2, -0.15) is 0 Å². The molecule has 5 aromatic carbocycles. The molecule has 4 nitrogen and oxygen atoms in total. The van der Waals surface area contributed by atoms with Crippen LogP contribution in [-0.4, -0.2) is 0 Å². The van der Waals surface area contributed by atoms with Crippen LogP contribution in [0.5, 0.6) is 11.5 Å². The molecule has 0 spiro atoms. The molecule has 4 aliphatic rings. The van der Waals surface area contributed by atoms with Crippen molar-refractivity contribution in [2.75, 3.05) is 0 Å². The quantitative estimate of drug-likeness (QED) is 0.182. The van der Waals surface area contributed by atoms with Gasteiger partial charge in [-0.3, -0.25) is 9.13 Å². The molecule has 0 saturated carbocycles. The highest BCUT2D eigenvalue weighted by molar-refractivity contribution is 7.75. The smallest absolute Gasteiger partial charge is 0.307 e. The third-order valence-electron chi connectivity index (χ3n) is 9.58. The van der Waals surface area contributed by atoms with Crippen molar-refractivity contribution in [2.24, 2.45) is 0 Å². The Morgan fingerprint density at radius 1 is 0.543 bits per heavy atom. The topological polar surface area (TPSA) is 52.6 Å². The van der Waals surface area contributed by atoms with E-state index in [2.05, 4.69) is 36.4 Å². The molecular formula is C40H30O4P2. The minimum Gasteiger partial charge on any atom is -0.437 e. The first kappa shape index (κ1) is 27.7. The van der Waals surface area contributed by atoms with Gasteiger partial charge in [0.2, 0.25) is 0 Å². The van der Waals surface area contributed by atoms with E-state index < -0.39 is 14.7 Å². The van der Waals surface area contributed by atoms with E-state index in [9.17, 15) is 4.57 Å². The molecule has 5 aromatic rings. The predicted molar refractivity (Wildman–Crippen MR) is 187 cm³/mol. The van der Waals surface area contributed by atoms with E-state index in [4.69, 9.17) is 9.05 Å². The molecule has 0 aromatic heterocycles. The second-order valence-electron chi connectivity index (χ2n) is 12.2. The Balaban J connectivity index is 1.12. The molecule has 224 valence electrons. The van der Waals surface area contributed by atoms with Crippen molar-refractivity contribution in [1.29, 1.82) is 0 Å². The van der Waals surface area contributed by atoms with Gasteiger partial charge in [-0.15, -0.1) is 0 Å². The van der Waals surface area contributed by atoms with E-state index in [1.54, 1.807) is 0 Å². The lowest BCUT2D eigenvalue weighted by molar-refractivity contribution is 0.498. The second kappa shape index (κ2) is 10.5. The Hall–Kier alpha value is -4.62. The number of aryl methyl sites for hydroxylation is 2. The van der Waals surface area contributed by atoms with Crippen LogP contribution in [0.15, 0.2) is 144 Å². The van der Waals surface area contributed by atoms with Gasteiger partial charge >= 0.3 is 14.7 Å². The molecule has 0 fully saturated rings. The average Bonchev–Trinajstić information content (AvgIpc) is 3.40. The third-order valence-corrected chi connectivity index (χ3v) is 14.5. The van der Waals surface area contributed by atoms with E-state index >= 15 is 4.57 Å². The van der Waals surface area contributed by atoms with Crippen LogP contribution in [0, 0.1) is 0 Å². The first-order chi connectivity index (χ1) is 22.5. The molecule has 0 saturated heterocycles. The fraction of sp³-hybridized carbons (Fsp3) is 0.100. The van der Waals surface area contributed by atoms with Crippen LogP contribution >= 0.6 is 14.7 Å². The van der Waals surface area contributed by atoms with E-state index in [0.717, 1.165) is 79.7 Å². The van der Waals surface area contributed by atoms with Crippen molar-refractivity contribution in [3.8, 4) is 33.8 Å². The van der Waals surface area contributed by atoms with Crippen LogP contribution in [0.25, 0.3) is 22.3 Å². The Bertz CT molecular complexity index is 2290. The van der Waals surface area contributed by atoms with Crippen molar-refractivity contribution in [1.82, 2.24) is 0 Å². The molecule has 2 aliphatic heterocycles. The summed E-state index contributed by atoms with van der Waals surface area (Å²) < 4.78 is 42.8. The molecule has 2 atom stereocenters. The summed E-state index contributed by atoms with van der Waals surface area (Å²) in [4.78, 5) is 0. The second-order valence-corrected chi connectivity index (χ2v) is 16.8. The number of fused-ring (bicyclic) bond motifs is 7. The summed E-state index contributed by atoms with van der Waals surface area (Å²) >= 11 is 0. The first-order valence-electron chi connectivity index (χ1n) is 15.7. The van der Waals surface area contributed by atoms with Crippen molar-refractivity contribution in [3.63, 3.8) is 0 Å². The summed E-state index contributed by atoms with van der Waals surface area (Å²) in [5.74, 6) is 1.34. The zero-order chi connectivity index (χ0) is 30.9. The molecule has 2 unspecified atom stereocenters. The maximum absolute atomic E-state index is 15.1. The lowest BCUT2D eigenvalue weighted by Gasteiger charge is -2.30. The molecule has 0 bridgehead atoms. The summed E-state index contributed by atoms with van der Waals surface area (Å²) in [5, 5.41) is 2.96. The summed E-state index contributed by atoms with van der Waals surface area (Å²) in [6.07, 6.45) is 11.1. The van der Waals surface area contributed by atoms with E-state index in [-0.39, 0.29) is 0 Å². The van der Waals surface area contributed by atoms with Crippen LogP contribution in [0.2, 0.25) is 0 Å². The van der Waals surface area contributed by atoms with Crippen LogP contribution in [0.1, 0.15) is 23.1 Å². The normalized spacial score (nSPS) is 22.0.